The van der Waals surface area contributed by atoms with Crippen molar-refractivity contribution in [3.05, 3.63) is 53.9 Å². The van der Waals surface area contributed by atoms with Crippen LogP contribution in [-0.4, -0.2) is 20.9 Å². The Labute approximate surface area is 124 Å². The summed E-state index contributed by atoms with van der Waals surface area (Å²) in [4.78, 5) is 24.6. The highest BCUT2D eigenvalue weighted by Crippen LogP contribution is 2.15. The van der Waals surface area contributed by atoms with Gasteiger partial charge in [-0.15, -0.1) is 0 Å². The van der Waals surface area contributed by atoms with Crippen molar-refractivity contribution in [3.63, 3.8) is 0 Å². The van der Waals surface area contributed by atoms with Gasteiger partial charge in [0.2, 0.25) is 5.91 Å². The minimum atomic E-state index is -0.0424. The van der Waals surface area contributed by atoms with Crippen LogP contribution in [0.15, 0.2) is 36.9 Å². The molecule has 2 aromatic rings. The molecular formula is C16H20N4O. The highest BCUT2D eigenvalue weighted by atomic mass is 16.1. The van der Waals surface area contributed by atoms with Gasteiger partial charge in [-0.2, -0.15) is 0 Å². The monoisotopic (exact) mass is 284 g/mol. The number of nitrogens with zero attached hydrogens (tertiary/aromatic N) is 3. The summed E-state index contributed by atoms with van der Waals surface area (Å²) in [7, 11) is 0. The predicted octanol–water partition coefficient (Wildman–Crippen LogP) is 2.38. The molecule has 0 aliphatic carbocycles. The van der Waals surface area contributed by atoms with Gasteiger partial charge in [-0.3, -0.25) is 19.7 Å². The molecule has 0 fully saturated rings. The van der Waals surface area contributed by atoms with Gasteiger partial charge in [0.15, 0.2) is 0 Å². The minimum Gasteiger partial charge on any atom is -0.348 e. The van der Waals surface area contributed by atoms with Crippen LogP contribution in [0, 0.1) is 6.92 Å². The highest BCUT2D eigenvalue weighted by molar-refractivity contribution is 5.76. The topological polar surface area (TPSA) is 67.8 Å². The van der Waals surface area contributed by atoms with Gasteiger partial charge in [-0.05, 0) is 37.5 Å². The van der Waals surface area contributed by atoms with Crippen molar-refractivity contribution in [3.8, 4) is 0 Å². The summed E-state index contributed by atoms with van der Waals surface area (Å²) < 4.78 is 0. The van der Waals surface area contributed by atoms with Gasteiger partial charge in [-0.25, -0.2) is 0 Å². The van der Waals surface area contributed by atoms with E-state index >= 15 is 0 Å². The Balaban J connectivity index is 1.91. The summed E-state index contributed by atoms with van der Waals surface area (Å²) in [6.45, 7) is 4.06. The molecule has 0 aliphatic rings. The fraction of sp³-hybridized carbons (Fsp3) is 0.375. The van der Waals surface area contributed by atoms with Crippen LogP contribution in [0.4, 0.5) is 0 Å². The molecule has 0 aromatic carbocycles. The zero-order valence-corrected chi connectivity index (χ0v) is 12.4. The van der Waals surface area contributed by atoms with Gasteiger partial charge < -0.3 is 5.32 Å². The number of pyridine rings is 1. The molecule has 21 heavy (non-hydrogen) atoms. The first-order chi connectivity index (χ1) is 10.2. The molecule has 2 heterocycles. The van der Waals surface area contributed by atoms with E-state index in [0.717, 1.165) is 23.4 Å². The largest absolute Gasteiger partial charge is 0.348 e. The third-order valence-electron chi connectivity index (χ3n) is 3.26. The van der Waals surface area contributed by atoms with Gasteiger partial charge in [0.05, 0.1) is 17.4 Å². The molecule has 1 amide bonds. The van der Waals surface area contributed by atoms with Crippen LogP contribution in [0.1, 0.15) is 42.8 Å². The van der Waals surface area contributed by atoms with Crippen LogP contribution in [0.3, 0.4) is 0 Å². The quantitative estimate of drug-likeness (QED) is 0.884. The lowest BCUT2D eigenvalue weighted by atomic mass is 10.1. The van der Waals surface area contributed by atoms with Crippen LogP contribution in [0.5, 0.6) is 0 Å². The Morgan fingerprint density at radius 2 is 2.14 bits per heavy atom. The second-order valence-electron chi connectivity index (χ2n) is 4.98. The van der Waals surface area contributed by atoms with E-state index in [2.05, 4.69) is 20.3 Å². The molecule has 2 aromatic heterocycles. The second kappa shape index (κ2) is 7.47. The lowest BCUT2D eigenvalue weighted by Crippen LogP contribution is -2.29. The molecule has 0 saturated heterocycles. The molecule has 5 heteroatoms. The number of nitrogens with one attached hydrogen (secondary N) is 1. The van der Waals surface area contributed by atoms with Crippen molar-refractivity contribution in [1.82, 2.24) is 20.3 Å². The highest BCUT2D eigenvalue weighted by Gasteiger charge is 2.14. The summed E-state index contributed by atoms with van der Waals surface area (Å²) in [6.07, 6.45) is 8.54. The maximum Gasteiger partial charge on any atom is 0.220 e. The number of hydrogen-bond acceptors (Lipinski definition) is 4. The van der Waals surface area contributed by atoms with Crippen molar-refractivity contribution in [1.29, 1.82) is 0 Å². The van der Waals surface area contributed by atoms with Gasteiger partial charge >= 0.3 is 0 Å². The Morgan fingerprint density at radius 3 is 2.81 bits per heavy atom. The molecule has 1 atom stereocenters. The summed E-state index contributed by atoms with van der Waals surface area (Å²) in [6, 6.07) is 3.92. The Kier molecular flexibility index (Phi) is 5.37. The lowest BCUT2D eigenvalue weighted by Gasteiger charge is -2.16. The van der Waals surface area contributed by atoms with Crippen LogP contribution < -0.4 is 5.32 Å². The molecule has 0 aliphatic heterocycles. The van der Waals surface area contributed by atoms with Crippen LogP contribution >= 0.6 is 0 Å². The molecule has 0 radical (unpaired) electrons. The molecule has 5 nitrogen and oxygen atoms in total. The number of carbonyl (C=O) groups excluding carboxylic acids is 1. The first kappa shape index (κ1) is 15.1. The molecule has 0 unspecified atom stereocenters. The molecule has 0 saturated carbocycles. The number of amides is 1. The van der Waals surface area contributed by atoms with Crippen molar-refractivity contribution in [2.75, 3.05) is 0 Å². The van der Waals surface area contributed by atoms with Crippen LogP contribution in [0.2, 0.25) is 0 Å². The Morgan fingerprint density at radius 1 is 1.29 bits per heavy atom. The fourth-order valence-corrected chi connectivity index (χ4v) is 2.10. The van der Waals surface area contributed by atoms with E-state index in [1.807, 2.05) is 26.0 Å². The predicted molar refractivity (Wildman–Crippen MR) is 80.5 cm³/mol. The van der Waals surface area contributed by atoms with Crippen molar-refractivity contribution in [2.45, 2.75) is 39.2 Å². The molecule has 0 bridgehead atoms. The number of aryl methyl sites for hydroxylation is 2. The van der Waals surface area contributed by atoms with E-state index in [1.54, 1.807) is 24.8 Å². The minimum absolute atomic E-state index is 0.0100. The number of rotatable bonds is 6. The summed E-state index contributed by atoms with van der Waals surface area (Å²) >= 11 is 0. The van der Waals surface area contributed by atoms with Crippen LogP contribution in [-0.2, 0) is 11.2 Å². The van der Waals surface area contributed by atoms with Crippen LogP contribution in [0.25, 0.3) is 0 Å². The number of carbonyl (C=O) groups is 1. The fourth-order valence-electron chi connectivity index (χ4n) is 2.10. The first-order valence-electron chi connectivity index (χ1n) is 7.16. The maximum absolute atomic E-state index is 12.1. The first-order valence-corrected chi connectivity index (χ1v) is 7.16. The van der Waals surface area contributed by atoms with E-state index in [4.69, 9.17) is 0 Å². The number of aromatic nitrogens is 3. The second-order valence-corrected chi connectivity index (χ2v) is 4.98. The zero-order chi connectivity index (χ0) is 15.1. The maximum atomic E-state index is 12.1. The van der Waals surface area contributed by atoms with Gasteiger partial charge in [-0.1, -0.05) is 6.92 Å². The molecule has 110 valence electrons. The van der Waals surface area contributed by atoms with Gasteiger partial charge in [0.1, 0.15) is 0 Å². The van der Waals surface area contributed by atoms with E-state index < -0.39 is 0 Å². The van der Waals surface area contributed by atoms with E-state index in [0.29, 0.717) is 12.8 Å². The van der Waals surface area contributed by atoms with E-state index in [-0.39, 0.29) is 11.9 Å². The average Bonchev–Trinajstić information content (AvgIpc) is 2.51. The van der Waals surface area contributed by atoms with E-state index in [1.165, 1.54) is 0 Å². The van der Waals surface area contributed by atoms with Crippen molar-refractivity contribution < 1.29 is 4.79 Å². The van der Waals surface area contributed by atoms with Gasteiger partial charge in [0, 0.05) is 31.2 Å². The molecule has 1 N–H and O–H groups in total. The van der Waals surface area contributed by atoms with Crippen molar-refractivity contribution >= 4 is 5.91 Å². The van der Waals surface area contributed by atoms with E-state index in [9.17, 15) is 4.79 Å². The van der Waals surface area contributed by atoms with Crippen molar-refractivity contribution in [2.24, 2.45) is 0 Å². The average molecular weight is 284 g/mol. The standard InChI is InChI=1S/C16H20N4O/c1-3-14(15-10-12(2)6-7-19-15)20-16(21)5-4-13-11-17-8-9-18-13/h6-11,14H,3-5H2,1-2H3,(H,20,21)/t14-/m1/s1. The molecular weight excluding hydrogens is 264 g/mol. The number of hydrogen-bond donors (Lipinski definition) is 1. The SMILES string of the molecule is CC[C@@H](NC(=O)CCc1cnccn1)c1cc(C)ccn1. The molecule has 0 spiro atoms. The third-order valence-corrected chi connectivity index (χ3v) is 3.26. The summed E-state index contributed by atoms with van der Waals surface area (Å²) in [5.74, 6) is 0.0100. The summed E-state index contributed by atoms with van der Waals surface area (Å²) in [5.41, 5.74) is 2.88. The Bertz CT molecular complexity index is 586. The smallest absolute Gasteiger partial charge is 0.220 e. The zero-order valence-electron chi connectivity index (χ0n) is 12.4. The third kappa shape index (κ3) is 4.63. The Hall–Kier alpha value is -2.30. The van der Waals surface area contributed by atoms with Gasteiger partial charge in [0.25, 0.3) is 0 Å². The normalized spacial score (nSPS) is 11.9. The molecule has 2 rings (SSSR count). The summed E-state index contributed by atoms with van der Waals surface area (Å²) in [5, 5.41) is 3.03. The lowest BCUT2D eigenvalue weighted by molar-refractivity contribution is -0.121.